The van der Waals surface area contributed by atoms with Gasteiger partial charge in [0.2, 0.25) is 5.78 Å². The fourth-order valence-electron chi connectivity index (χ4n) is 9.20. The number of aliphatic imine (C=N–C) groups is 2. The van der Waals surface area contributed by atoms with Gasteiger partial charge >= 0.3 is 0 Å². The predicted molar refractivity (Wildman–Crippen MR) is 286 cm³/mol. The van der Waals surface area contributed by atoms with Crippen molar-refractivity contribution < 1.29 is 9.90 Å². The number of fused-ring (bicyclic) bond motifs is 6. The lowest BCUT2D eigenvalue weighted by atomic mass is 9.76. The number of carbonyl (C=O) groups is 1. The lowest BCUT2D eigenvalue weighted by Crippen LogP contribution is -2.32. The molecule has 8 bridgehead atoms. The maximum atomic E-state index is 14.7. The number of ketones is 1. The van der Waals surface area contributed by atoms with Crippen molar-refractivity contribution in [3.8, 4) is 0 Å². The second-order valence-corrected chi connectivity index (χ2v) is 25.7. The van der Waals surface area contributed by atoms with Gasteiger partial charge in [-0.15, -0.1) is 0 Å². The Labute approximate surface area is 406 Å². The van der Waals surface area contributed by atoms with Gasteiger partial charge in [0, 0.05) is 16.8 Å². The van der Waals surface area contributed by atoms with Crippen molar-refractivity contribution in [2.75, 3.05) is 0 Å². The molecule has 0 radical (unpaired) electrons. The summed E-state index contributed by atoms with van der Waals surface area (Å²) in [7, 11) is 0. The van der Waals surface area contributed by atoms with E-state index in [1.807, 2.05) is 24.3 Å². The molecule has 3 aromatic carbocycles. The minimum Gasteiger partial charge on any atom is -0.373 e. The topological polar surface area (TPSA) is 93.6 Å². The third-order valence-electron chi connectivity index (χ3n) is 13.9. The van der Waals surface area contributed by atoms with Gasteiger partial charge in [0.15, 0.2) is 5.60 Å². The first-order chi connectivity index (χ1) is 31.2. The summed E-state index contributed by atoms with van der Waals surface area (Å²) >= 11 is 0. The van der Waals surface area contributed by atoms with Crippen LogP contribution in [-0.4, -0.2) is 32.3 Å². The van der Waals surface area contributed by atoms with Crippen LogP contribution in [0.2, 0.25) is 0 Å². The molecule has 8 rings (SSSR count). The quantitative estimate of drug-likeness (QED) is 0.168. The number of hydrogen-bond acceptors (Lipinski definition) is 4. The highest BCUT2D eigenvalue weighted by atomic mass is 16.3. The standard InChI is InChI=1S/C62H74N4O2/c1-56(2,3)38-27-36(28-39(31-38)57(4,5)6)53-45-19-20-46(63-45)54(37-29-40(58(7,8)9)32-41(30-37)59(10,11)12)48-23-25-51(65-48)62(68,44-34-42(60(13,14)15)33-43(35-44)61(16,17)18)52-26-24-50(66-52)55(67)49-22-21-47(53)64-49/h19-35,65-66,68H,1-18H3/b53-47?,54-46-. The molecule has 5 heterocycles. The molecule has 3 N–H and O–H groups in total. The van der Waals surface area contributed by atoms with Crippen LogP contribution < -0.4 is 0 Å². The van der Waals surface area contributed by atoms with Crippen LogP contribution in [0.3, 0.4) is 0 Å². The van der Waals surface area contributed by atoms with Crippen LogP contribution in [0.1, 0.15) is 202 Å². The summed E-state index contributed by atoms with van der Waals surface area (Å²) in [6.07, 6.45) is 7.97. The van der Waals surface area contributed by atoms with Gasteiger partial charge in [0.1, 0.15) is 5.71 Å². The number of aromatic nitrogens is 2. The predicted octanol–water partition coefficient (Wildman–Crippen LogP) is 14.8. The summed E-state index contributed by atoms with van der Waals surface area (Å²) in [5, 5.41) is 13.8. The van der Waals surface area contributed by atoms with E-state index in [0.717, 1.165) is 50.5 Å². The first-order valence-corrected chi connectivity index (χ1v) is 24.4. The van der Waals surface area contributed by atoms with E-state index in [-0.39, 0.29) is 38.3 Å². The first-order valence-electron chi connectivity index (χ1n) is 24.4. The van der Waals surface area contributed by atoms with Gasteiger partial charge in [-0.25, -0.2) is 9.98 Å². The van der Waals surface area contributed by atoms with Crippen molar-refractivity contribution in [3.63, 3.8) is 0 Å². The van der Waals surface area contributed by atoms with Crippen molar-refractivity contribution in [2.24, 2.45) is 9.98 Å². The maximum Gasteiger partial charge on any atom is 0.227 e. The Balaban J connectivity index is 1.50. The summed E-state index contributed by atoms with van der Waals surface area (Å²) in [6.45, 7) is 40.3. The van der Waals surface area contributed by atoms with Crippen molar-refractivity contribution in [2.45, 2.75) is 163 Å². The second-order valence-electron chi connectivity index (χ2n) is 25.7. The molecule has 0 saturated heterocycles. The minimum atomic E-state index is -1.73. The van der Waals surface area contributed by atoms with Crippen LogP contribution in [0.15, 0.2) is 125 Å². The maximum absolute atomic E-state index is 14.7. The highest BCUT2D eigenvalue weighted by molar-refractivity contribution is 6.50. The Kier molecular flexibility index (Phi) is 11.5. The lowest BCUT2D eigenvalue weighted by molar-refractivity contribution is 0.105. The summed E-state index contributed by atoms with van der Waals surface area (Å²) < 4.78 is 0. The number of aliphatic hydroxyl groups is 1. The molecule has 1 atom stereocenters. The molecule has 354 valence electrons. The molecule has 0 amide bonds. The van der Waals surface area contributed by atoms with Crippen LogP contribution in [0.4, 0.5) is 0 Å². The van der Waals surface area contributed by atoms with E-state index in [2.05, 4.69) is 207 Å². The van der Waals surface area contributed by atoms with E-state index in [1.54, 1.807) is 6.07 Å². The Hall–Kier alpha value is -5.85. The van der Waals surface area contributed by atoms with E-state index in [0.29, 0.717) is 34.1 Å². The molecule has 0 aliphatic carbocycles. The summed E-state index contributed by atoms with van der Waals surface area (Å²) in [4.78, 5) is 32.7. The number of rotatable bonds is 3. The second kappa shape index (κ2) is 16.1. The molecule has 1 unspecified atom stereocenters. The van der Waals surface area contributed by atoms with Crippen LogP contribution in [0.5, 0.6) is 0 Å². The minimum absolute atomic E-state index is 0.134. The summed E-state index contributed by atoms with van der Waals surface area (Å²) in [6, 6.07) is 28.0. The van der Waals surface area contributed by atoms with Crippen LogP contribution in [0.25, 0.3) is 11.1 Å². The number of nitrogens with zero attached hydrogens (tertiary/aromatic N) is 2. The highest BCUT2D eigenvalue weighted by Gasteiger charge is 2.40. The average Bonchev–Trinajstić information content (AvgIpc) is 4.07. The van der Waals surface area contributed by atoms with Gasteiger partial charge < -0.3 is 15.1 Å². The Morgan fingerprint density at radius 3 is 1.18 bits per heavy atom. The number of H-pyrrole nitrogens is 2. The van der Waals surface area contributed by atoms with E-state index in [9.17, 15) is 9.90 Å². The number of hydrogen-bond donors (Lipinski definition) is 3. The van der Waals surface area contributed by atoms with E-state index in [4.69, 9.17) is 9.98 Å². The molecule has 3 aliphatic rings. The molecule has 0 saturated carbocycles. The zero-order valence-corrected chi connectivity index (χ0v) is 44.1. The van der Waals surface area contributed by atoms with Crippen molar-refractivity contribution >= 4 is 28.4 Å². The van der Waals surface area contributed by atoms with Crippen LogP contribution >= 0.6 is 0 Å². The largest absolute Gasteiger partial charge is 0.373 e. The number of carbonyl (C=O) groups excluding carboxylic acids is 1. The van der Waals surface area contributed by atoms with Gasteiger partial charge in [0.05, 0.1) is 34.2 Å². The average molecular weight is 907 g/mol. The number of benzene rings is 3. The van der Waals surface area contributed by atoms with Crippen LogP contribution in [0, 0.1) is 0 Å². The SMILES string of the molecule is CC(C)(C)c1cc(C2=C3C=CC(=N3)C(=O)c3ccc([nH]3)C(O)(c3cc(C(C)(C)C)cc(C(C)(C)C)c3)c3ccc([nH]3)/C(c3cc(C(C)(C)C)cc(C(C)(C)C)c3)=C3/C=CC2=N3)cc(C(C)(C)C)c1. The van der Waals surface area contributed by atoms with Gasteiger partial charge in [0.25, 0.3) is 0 Å². The van der Waals surface area contributed by atoms with Gasteiger partial charge in [-0.3, -0.25) is 4.79 Å². The molecule has 3 aliphatic heterocycles. The molecule has 2 aromatic heterocycles. The molecule has 6 heteroatoms. The first kappa shape index (κ1) is 48.6. The number of Topliss-reactive ketones (excluding diaryl/α,β-unsaturated/α-hetero) is 1. The molecule has 0 fully saturated rings. The van der Waals surface area contributed by atoms with E-state index in [1.165, 1.54) is 22.3 Å². The molecular weight excluding hydrogens is 833 g/mol. The Morgan fingerprint density at radius 2 is 0.750 bits per heavy atom. The Bertz CT molecular complexity index is 2970. The normalized spacial score (nSPS) is 19.3. The molecule has 0 spiro atoms. The Morgan fingerprint density at radius 1 is 0.412 bits per heavy atom. The number of nitrogens with one attached hydrogen (secondary N) is 2. The van der Waals surface area contributed by atoms with E-state index < -0.39 is 5.60 Å². The summed E-state index contributed by atoms with van der Waals surface area (Å²) in [5.41, 5.74) is 13.6. The van der Waals surface area contributed by atoms with Crippen molar-refractivity contribution in [1.82, 2.24) is 9.97 Å². The van der Waals surface area contributed by atoms with Crippen LogP contribution in [-0.2, 0) is 38.1 Å². The smallest absolute Gasteiger partial charge is 0.227 e. The zero-order valence-electron chi connectivity index (χ0n) is 44.1. The number of allylic oxidation sites excluding steroid dienone is 5. The zero-order chi connectivity index (χ0) is 49.9. The van der Waals surface area contributed by atoms with Gasteiger partial charge in [-0.2, -0.15) is 0 Å². The van der Waals surface area contributed by atoms with Crippen molar-refractivity contribution in [1.29, 1.82) is 0 Å². The summed E-state index contributed by atoms with van der Waals surface area (Å²) in [5.74, 6) is -0.263. The molecular formula is C62H74N4O2. The van der Waals surface area contributed by atoms with E-state index >= 15 is 0 Å². The van der Waals surface area contributed by atoms with Gasteiger partial charge in [-0.1, -0.05) is 179 Å². The number of aromatic amines is 2. The lowest BCUT2D eigenvalue weighted by Gasteiger charge is -2.32. The molecule has 6 nitrogen and oxygen atoms in total. The fourth-order valence-corrected chi connectivity index (χ4v) is 9.20. The third-order valence-corrected chi connectivity index (χ3v) is 13.9. The van der Waals surface area contributed by atoms with Gasteiger partial charge in [-0.05, 0) is 131 Å². The van der Waals surface area contributed by atoms with Crippen molar-refractivity contribution in [3.05, 3.63) is 187 Å². The molecule has 68 heavy (non-hydrogen) atoms. The highest BCUT2D eigenvalue weighted by Crippen LogP contribution is 2.44. The third kappa shape index (κ3) is 9.09. The monoisotopic (exact) mass is 907 g/mol. The molecule has 5 aromatic rings. The fraction of sp³-hybridized carbons (Fsp3) is 0.403.